The highest BCUT2D eigenvalue weighted by atomic mass is 16.6. The van der Waals surface area contributed by atoms with Gasteiger partial charge in [-0.1, -0.05) is 236 Å². The first-order valence-electron chi connectivity index (χ1n) is 25.8. The standard InChI is InChI=1S/C55H96O6/c1-4-7-10-13-16-19-21-23-25-27-28-30-31-33-36-39-42-45-48-54(57)60-51-52(50-59-53(56)47-44-41-38-35-18-15-12-9-6-3)61-55(58)49-46-43-40-37-34-32-29-26-24-22-20-17-14-11-8-5-2/h9,12,18,25,27-28,30,35,41,44,52H,4-8,10-11,13-17,19-24,26,29,31-34,36-40,42-43,45-51H2,1-3H3/b12-9-,27-25-,30-28-,35-18-,44-41-. The summed E-state index contributed by atoms with van der Waals surface area (Å²) in [6.07, 6.45) is 61.0. The summed E-state index contributed by atoms with van der Waals surface area (Å²) in [4.78, 5) is 37.8. The third-order valence-corrected chi connectivity index (χ3v) is 11.1. The van der Waals surface area contributed by atoms with Crippen LogP contribution in [0.4, 0.5) is 0 Å². The molecule has 0 aliphatic rings. The SMILES string of the molecule is CC/C=C\C/C=C\C/C=C\CC(=O)OCC(COC(=O)CCCCCCC/C=C\C=C/CCCCCCCCC)OC(=O)CCCCCCCCCCCCCCCCCC. The fourth-order valence-electron chi connectivity index (χ4n) is 7.20. The maximum absolute atomic E-state index is 12.8. The van der Waals surface area contributed by atoms with Crippen LogP contribution in [0.1, 0.15) is 252 Å². The van der Waals surface area contributed by atoms with Crippen molar-refractivity contribution in [3.05, 3.63) is 60.8 Å². The van der Waals surface area contributed by atoms with Crippen molar-refractivity contribution in [3.63, 3.8) is 0 Å². The van der Waals surface area contributed by atoms with Crippen LogP contribution in [-0.2, 0) is 28.6 Å². The molecule has 0 heterocycles. The summed E-state index contributed by atoms with van der Waals surface area (Å²) < 4.78 is 16.6. The number of hydrogen-bond donors (Lipinski definition) is 0. The minimum absolute atomic E-state index is 0.107. The quantitative estimate of drug-likeness (QED) is 0.0200. The smallest absolute Gasteiger partial charge is 0.309 e. The van der Waals surface area contributed by atoms with Crippen LogP contribution in [0.3, 0.4) is 0 Å². The van der Waals surface area contributed by atoms with Crippen molar-refractivity contribution < 1.29 is 28.6 Å². The topological polar surface area (TPSA) is 78.9 Å². The zero-order chi connectivity index (χ0) is 44.4. The molecule has 0 aromatic heterocycles. The van der Waals surface area contributed by atoms with Crippen LogP contribution in [0.15, 0.2) is 60.8 Å². The van der Waals surface area contributed by atoms with Crippen LogP contribution in [0.25, 0.3) is 0 Å². The molecule has 61 heavy (non-hydrogen) atoms. The van der Waals surface area contributed by atoms with E-state index in [1.54, 1.807) is 6.08 Å². The van der Waals surface area contributed by atoms with E-state index in [0.717, 1.165) is 77.0 Å². The Kier molecular flexibility index (Phi) is 47.4. The molecule has 0 fully saturated rings. The molecule has 0 bridgehead atoms. The fraction of sp³-hybridized carbons (Fsp3) is 0.764. The van der Waals surface area contributed by atoms with Crippen LogP contribution < -0.4 is 0 Å². The lowest BCUT2D eigenvalue weighted by Gasteiger charge is -2.18. The Bertz CT molecular complexity index is 1120. The molecule has 352 valence electrons. The number of esters is 3. The second-order valence-electron chi connectivity index (χ2n) is 17.1. The van der Waals surface area contributed by atoms with E-state index in [0.29, 0.717) is 12.8 Å². The van der Waals surface area contributed by atoms with Crippen molar-refractivity contribution in [2.75, 3.05) is 13.2 Å². The molecule has 0 N–H and O–H groups in total. The van der Waals surface area contributed by atoms with Crippen LogP contribution in [0.5, 0.6) is 0 Å². The van der Waals surface area contributed by atoms with Gasteiger partial charge in [0.25, 0.3) is 0 Å². The number of ether oxygens (including phenoxy) is 3. The monoisotopic (exact) mass is 853 g/mol. The Balaban J connectivity index is 4.37. The van der Waals surface area contributed by atoms with Gasteiger partial charge in [-0.3, -0.25) is 14.4 Å². The van der Waals surface area contributed by atoms with E-state index in [4.69, 9.17) is 14.2 Å². The Morgan fingerprint density at radius 2 is 0.738 bits per heavy atom. The van der Waals surface area contributed by atoms with E-state index < -0.39 is 12.1 Å². The molecule has 0 saturated heterocycles. The molecule has 0 radical (unpaired) electrons. The summed E-state index contributed by atoms with van der Waals surface area (Å²) in [6, 6.07) is 0. The number of hydrogen-bond acceptors (Lipinski definition) is 6. The van der Waals surface area contributed by atoms with Crippen molar-refractivity contribution in [3.8, 4) is 0 Å². The van der Waals surface area contributed by atoms with Crippen molar-refractivity contribution >= 4 is 17.9 Å². The van der Waals surface area contributed by atoms with Crippen molar-refractivity contribution in [1.29, 1.82) is 0 Å². The average Bonchev–Trinajstić information content (AvgIpc) is 3.26. The molecule has 0 spiro atoms. The first kappa shape index (κ1) is 58.1. The molecule has 0 aliphatic heterocycles. The lowest BCUT2D eigenvalue weighted by molar-refractivity contribution is -0.166. The zero-order valence-electron chi connectivity index (χ0n) is 40.2. The Morgan fingerprint density at radius 1 is 0.377 bits per heavy atom. The molecule has 0 aromatic rings. The summed E-state index contributed by atoms with van der Waals surface area (Å²) in [5.41, 5.74) is 0. The summed E-state index contributed by atoms with van der Waals surface area (Å²) >= 11 is 0. The highest BCUT2D eigenvalue weighted by Crippen LogP contribution is 2.15. The molecule has 1 atom stereocenters. The van der Waals surface area contributed by atoms with Gasteiger partial charge in [-0.05, 0) is 57.8 Å². The lowest BCUT2D eigenvalue weighted by atomic mass is 10.0. The van der Waals surface area contributed by atoms with Gasteiger partial charge in [-0.2, -0.15) is 0 Å². The maximum atomic E-state index is 12.8. The van der Waals surface area contributed by atoms with Crippen LogP contribution in [0, 0.1) is 0 Å². The van der Waals surface area contributed by atoms with Gasteiger partial charge in [0.15, 0.2) is 6.10 Å². The Labute approximate surface area is 377 Å². The highest BCUT2D eigenvalue weighted by Gasteiger charge is 2.19. The summed E-state index contributed by atoms with van der Waals surface area (Å²) in [5.74, 6) is -1.04. The minimum Gasteiger partial charge on any atom is -0.462 e. The lowest BCUT2D eigenvalue weighted by Crippen LogP contribution is -2.30. The van der Waals surface area contributed by atoms with Gasteiger partial charge in [0.1, 0.15) is 13.2 Å². The molecule has 0 saturated carbocycles. The zero-order valence-corrected chi connectivity index (χ0v) is 40.2. The second-order valence-corrected chi connectivity index (χ2v) is 17.1. The number of carbonyl (C=O) groups excluding carboxylic acids is 3. The Hall–Kier alpha value is -2.89. The summed E-state index contributed by atoms with van der Waals surface area (Å²) in [5, 5.41) is 0. The van der Waals surface area contributed by atoms with E-state index >= 15 is 0 Å². The number of carbonyl (C=O) groups is 3. The molecular weight excluding hydrogens is 757 g/mol. The number of allylic oxidation sites excluding steroid dienone is 9. The molecule has 0 rings (SSSR count). The third kappa shape index (κ3) is 48.0. The molecule has 0 aromatic carbocycles. The van der Waals surface area contributed by atoms with Crippen LogP contribution in [0.2, 0.25) is 0 Å². The average molecular weight is 853 g/mol. The van der Waals surface area contributed by atoms with Crippen molar-refractivity contribution in [2.24, 2.45) is 0 Å². The first-order valence-corrected chi connectivity index (χ1v) is 25.8. The summed E-state index contributed by atoms with van der Waals surface area (Å²) in [6.45, 7) is 6.42. The number of rotatable bonds is 46. The minimum atomic E-state index is -0.812. The predicted octanol–water partition coefficient (Wildman–Crippen LogP) is 16.9. The molecule has 6 nitrogen and oxygen atoms in total. The first-order chi connectivity index (χ1) is 30.0. The van der Waals surface area contributed by atoms with E-state index in [2.05, 4.69) is 69.4 Å². The number of unbranched alkanes of at least 4 members (excludes halogenated alkanes) is 27. The molecule has 6 heteroatoms. The maximum Gasteiger partial charge on any atom is 0.309 e. The van der Waals surface area contributed by atoms with E-state index in [-0.39, 0.29) is 31.6 Å². The van der Waals surface area contributed by atoms with Gasteiger partial charge >= 0.3 is 17.9 Å². The third-order valence-electron chi connectivity index (χ3n) is 11.1. The highest BCUT2D eigenvalue weighted by molar-refractivity contribution is 5.72. The van der Waals surface area contributed by atoms with E-state index in [9.17, 15) is 14.4 Å². The molecule has 0 aliphatic carbocycles. The predicted molar refractivity (Wildman–Crippen MR) is 261 cm³/mol. The van der Waals surface area contributed by atoms with Gasteiger partial charge in [0.2, 0.25) is 0 Å². The van der Waals surface area contributed by atoms with Gasteiger partial charge in [-0.15, -0.1) is 0 Å². The normalized spacial score (nSPS) is 12.5. The van der Waals surface area contributed by atoms with Gasteiger partial charge in [-0.25, -0.2) is 0 Å². The van der Waals surface area contributed by atoms with E-state index in [1.807, 2.05) is 6.08 Å². The van der Waals surface area contributed by atoms with Gasteiger partial charge < -0.3 is 14.2 Å². The van der Waals surface area contributed by atoms with E-state index in [1.165, 1.54) is 135 Å². The van der Waals surface area contributed by atoms with Crippen molar-refractivity contribution in [1.82, 2.24) is 0 Å². The largest absolute Gasteiger partial charge is 0.462 e. The molecule has 1 unspecified atom stereocenters. The summed E-state index contributed by atoms with van der Waals surface area (Å²) in [7, 11) is 0. The van der Waals surface area contributed by atoms with Crippen LogP contribution in [-0.4, -0.2) is 37.2 Å². The van der Waals surface area contributed by atoms with Crippen LogP contribution >= 0.6 is 0 Å². The molecular formula is C55H96O6. The van der Waals surface area contributed by atoms with Gasteiger partial charge in [0, 0.05) is 12.8 Å². The Morgan fingerprint density at radius 3 is 1.18 bits per heavy atom. The second kappa shape index (κ2) is 49.8. The van der Waals surface area contributed by atoms with Crippen molar-refractivity contribution in [2.45, 2.75) is 258 Å². The van der Waals surface area contributed by atoms with Gasteiger partial charge in [0.05, 0.1) is 6.42 Å². The fourth-order valence-corrected chi connectivity index (χ4v) is 7.20. The molecule has 0 amide bonds.